The van der Waals surface area contributed by atoms with Gasteiger partial charge in [0.25, 0.3) is 5.91 Å². The Labute approximate surface area is 187 Å². The van der Waals surface area contributed by atoms with E-state index in [0.717, 1.165) is 51.3 Å². The maximum Gasteiger partial charge on any atom is 0.256 e. The first-order valence-corrected chi connectivity index (χ1v) is 10.7. The fourth-order valence-electron chi connectivity index (χ4n) is 3.95. The summed E-state index contributed by atoms with van der Waals surface area (Å²) in [5.74, 6) is 0.756. The summed E-state index contributed by atoms with van der Waals surface area (Å²) >= 11 is 0. The molecule has 0 spiro atoms. The van der Waals surface area contributed by atoms with Crippen LogP contribution in [0.2, 0.25) is 0 Å². The molecule has 0 saturated heterocycles. The number of nitrogens with one attached hydrogen (secondary N) is 2. The highest BCUT2D eigenvalue weighted by molar-refractivity contribution is 6.35. The van der Waals surface area contributed by atoms with Crippen molar-refractivity contribution in [3.8, 4) is 16.9 Å². The number of ether oxygens (including phenoxy) is 1. The van der Waals surface area contributed by atoms with E-state index in [1.807, 2.05) is 74.8 Å². The molecule has 32 heavy (non-hydrogen) atoms. The van der Waals surface area contributed by atoms with Crippen LogP contribution in [0.1, 0.15) is 11.3 Å². The number of aromatic nitrogens is 1. The van der Waals surface area contributed by atoms with E-state index in [1.54, 1.807) is 0 Å². The Bertz CT molecular complexity index is 1320. The molecular weight excluding hydrogens is 398 g/mol. The van der Waals surface area contributed by atoms with Crippen LogP contribution in [0.4, 0.5) is 5.69 Å². The van der Waals surface area contributed by atoms with Crippen LogP contribution in [-0.4, -0.2) is 43.0 Å². The van der Waals surface area contributed by atoms with Crippen molar-refractivity contribution < 1.29 is 9.53 Å². The minimum atomic E-state index is -0.0865. The molecule has 0 aliphatic carbocycles. The number of hydrogen-bond donors (Lipinski definition) is 2. The standard InChI is InChI=1S/C27H25N3O2/c1-30(2)12-13-32-22-9-11-25-20(15-22)14-21(28-25)17-24-23-10-8-19(16-26(23)29-27(24)31)18-6-4-3-5-7-18/h3-11,14-17,28H,12-13H2,1-2H3,(H,29,31)/b24-17+. The number of carbonyl (C=O) groups is 1. The number of carbonyl (C=O) groups excluding carboxylic acids is 1. The summed E-state index contributed by atoms with van der Waals surface area (Å²) in [6.07, 6.45) is 1.91. The van der Waals surface area contributed by atoms with Crippen LogP contribution in [0, 0.1) is 0 Å². The molecule has 0 radical (unpaired) electrons. The van der Waals surface area contributed by atoms with Gasteiger partial charge < -0.3 is 19.9 Å². The number of anilines is 1. The molecule has 2 heterocycles. The lowest BCUT2D eigenvalue weighted by molar-refractivity contribution is -0.110. The molecule has 0 atom stereocenters. The van der Waals surface area contributed by atoms with Crippen LogP contribution in [0.15, 0.2) is 72.8 Å². The number of rotatable bonds is 6. The second-order valence-electron chi connectivity index (χ2n) is 8.26. The van der Waals surface area contributed by atoms with E-state index >= 15 is 0 Å². The topological polar surface area (TPSA) is 57.4 Å². The molecule has 3 aromatic carbocycles. The normalized spacial score (nSPS) is 14.2. The molecule has 5 heteroatoms. The number of benzene rings is 3. The van der Waals surface area contributed by atoms with Crippen LogP contribution in [0.5, 0.6) is 5.75 Å². The van der Waals surface area contributed by atoms with Crippen LogP contribution >= 0.6 is 0 Å². The van der Waals surface area contributed by atoms with Gasteiger partial charge in [0.2, 0.25) is 0 Å². The maximum atomic E-state index is 12.7. The minimum absolute atomic E-state index is 0.0865. The van der Waals surface area contributed by atoms with Crippen LogP contribution < -0.4 is 10.1 Å². The number of hydrogen-bond acceptors (Lipinski definition) is 3. The fraction of sp³-hybridized carbons (Fsp3) is 0.148. The zero-order valence-corrected chi connectivity index (χ0v) is 18.2. The Morgan fingerprint density at radius 3 is 2.59 bits per heavy atom. The molecule has 1 aliphatic heterocycles. The molecule has 2 N–H and O–H groups in total. The first kappa shape index (κ1) is 20.1. The molecule has 160 valence electrons. The second kappa shape index (κ2) is 8.36. The summed E-state index contributed by atoms with van der Waals surface area (Å²) in [6, 6.07) is 24.3. The predicted molar refractivity (Wildman–Crippen MR) is 131 cm³/mol. The number of likely N-dealkylation sites (N-methyl/N-ethyl adjacent to an activating group) is 1. The number of aromatic amines is 1. The zero-order valence-electron chi connectivity index (χ0n) is 18.2. The van der Waals surface area contributed by atoms with Gasteiger partial charge in [0.1, 0.15) is 12.4 Å². The third-order valence-electron chi connectivity index (χ3n) is 5.63. The quantitative estimate of drug-likeness (QED) is 0.416. The molecule has 5 rings (SSSR count). The van der Waals surface area contributed by atoms with Gasteiger partial charge >= 0.3 is 0 Å². The average Bonchev–Trinajstić information content (AvgIpc) is 3.33. The Morgan fingerprint density at radius 2 is 1.78 bits per heavy atom. The van der Waals surface area contributed by atoms with E-state index in [2.05, 4.69) is 33.4 Å². The molecule has 5 nitrogen and oxygen atoms in total. The first-order chi connectivity index (χ1) is 15.6. The Kier molecular flexibility index (Phi) is 5.25. The van der Waals surface area contributed by atoms with Gasteiger partial charge in [-0.3, -0.25) is 4.79 Å². The number of H-pyrrole nitrogens is 1. The van der Waals surface area contributed by atoms with Crippen LogP contribution in [-0.2, 0) is 4.79 Å². The van der Waals surface area contributed by atoms with Crippen molar-refractivity contribution in [2.45, 2.75) is 0 Å². The summed E-state index contributed by atoms with van der Waals surface area (Å²) in [7, 11) is 4.05. The van der Waals surface area contributed by atoms with E-state index in [1.165, 1.54) is 0 Å². The smallest absolute Gasteiger partial charge is 0.256 e. The number of nitrogens with zero attached hydrogens (tertiary/aromatic N) is 1. The summed E-state index contributed by atoms with van der Waals surface area (Å²) in [4.78, 5) is 18.2. The lowest BCUT2D eigenvalue weighted by atomic mass is 10.00. The van der Waals surface area contributed by atoms with Gasteiger partial charge in [-0.1, -0.05) is 42.5 Å². The molecule has 0 bridgehead atoms. The third-order valence-corrected chi connectivity index (χ3v) is 5.63. The van der Waals surface area contributed by atoms with Gasteiger partial charge in [-0.05, 0) is 61.6 Å². The average molecular weight is 424 g/mol. The van der Waals surface area contributed by atoms with Gasteiger partial charge in [0.15, 0.2) is 0 Å². The lowest BCUT2D eigenvalue weighted by Crippen LogP contribution is -2.19. The Morgan fingerprint density at radius 1 is 0.938 bits per heavy atom. The monoisotopic (exact) mass is 423 g/mol. The van der Waals surface area contributed by atoms with Crippen molar-refractivity contribution in [1.82, 2.24) is 9.88 Å². The summed E-state index contributed by atoms with van der Waals surface area (Å²) in [5.41, 5.74) is 6.52. The molecule has 1 aromatic heterocycles. The van der Waals surface area contributed by atoms with Gasteiger partial charge in [-0.25, -0.2) is 0 Å². The van der Waals surface area contributed by atoms with E-state index < -0.39 is 0 Å². The minimum Gasteiger partial charge on any atom is -0.492 e. The first-order valence-electron chi connectivity index (χ1n) is 10.7. The van der Waals surface area contributed by atoms with Crippen molar-refractivity contribution in [2.24, 2.45) is 0 Å². The molecule has 4 aromatic rings. The highest BCUT2D eigenvalue weighted by Gasteiger charge is 2.24. The maximum absolute atomic E-state index is 12.7. The molecule has 1 amide bonds. The summed E-state index contributed by atoms with van der Waals surface area (Å²) in [5, 5.41) is 4.06. The van der Waals surface area contributed by atoms with Crippen molar-refractivity contribution in [2.75, 3.05) is 32.6 Å². The predicted octanol–water partition coefficient (Wildman–Crippen LogP) is 5.27. The van der Waals surface area contributed by atoms with Gasteiger partial charge in [-0.2, -0.15) is 0 Å². The van der Waals surface area contributed by atoms with Gasteiger partial charge in [0, 0.05) is 34.4 Å². The van der Waals surface area contributed by atoms with Crippen molar-refractivity contribution in [1.29, 1.82) is 0 Å². The third kappa shape index (κ3) is 4.03. The fourth-order valence-corrected chi connectivity index (χ4v) is 3.95. The van der Waals surface area contributed by atoms with E-state index in [-0.39, 0.29) is 5.91 Å². The van der Waals surface area contributed by atoms with Gasteiger partial charge in [-0.15, -0.1) is 0 Å². The molecule has 0 fully saturated rings. The van der Waals surface area contributed by atoms with E-state index in [4.69, 9.17) is 4.74 Å². The SMILES string of the molecule is CN(C)CCOc1ccc2[nH]c(/C=C3/C(=O)Nc4cc(-c5ccccc5)ccc43)cc2c1. The second-order valence-corrected chi connectivity index (χ2v) is 8.26. The number of amides is 1. The molecule has 0 saturated carbocycles. The molecule has 1 aliphatic rings. The lowest BCUT2D eigenvalue weighted by Gasteiger charge is -2.10. The van der Waals surface area contributed by atoms with Crippen molar-refractivity contribution >= 4 is 34.1 Å². The largest absolute Gasteiger partial charge is 0.492 e. The van der Waals surface area contributed by atoms with Gasteiger partial charge in [0.05, 0.1) is 5.57 Å². The molecular formula is C27H25N3O2. The Balaban J connectivity index is 1.42. The summed E-state index contributed by atoms with van der Waals surface area (Å²) < 4.78 is 5.84. The van der Waals surface area contributed by atoms with Crippen molar-refractivity contribution in [3.63, 3.8) is 0 Å². The zero-order chi connectivity index (χ0) is 22.1. The number of fused-ring (bicyclic) bond motifs is 2. The summed E-state index contributed by atoms with van der Waals surface area (Å²) in [6.45, 7) is 1.50. The van der Waals surface area contributed by atoms with E-state index in [9.17, 15) is 4.79 Å². The highest BCUT2D eigenvalue weighted by Crippen LogP contribution is 2.36. The molecule has 0 unspecified atom stereocenters. The van der Waals surface area contributed by atoms with Crippen LogP contribution in [0.3, 0.4) is 0 Å². The Hall–Kier alpha value is -3.83. The van der Waals surface area contributed by atoms with Crippen molar-refractivity contribution in [3.05, 3.63) is 84.1 Å². The van der Waals surface area contributed by atoms with Crippen LogP contribution in [0.25, 0.3) is 33.7 Å². The highest BCUT2D eigenvalue weighted by atomic mass is 16.5. The van der Waals surface area contributed by atoms with E-state index in [0.29, 0.717) is 12.2 Å².